The summed E-state index contributed by atoms with van der Waals surface area (Å²) in [6, 6.07) is 0. The highest BCUT2D eigenvalue weighted by Gasteiger charge is 2.63. The molecule has 0 aromatic carbocycles. The van der Waals surface area contributed by atoms with Crippen LogP contribution in [0.3, 0.4) is 0 Å². The maximum Gasteiger partial charge on any atom is 0.136 e. The third-order valence-corrected chi connectivity index (χ3v) is 8.96. The number of Topliss-reactive ketones (excluding diaryl/α,β-unsaturated/α-hetero) is 1. The van der Waals surface area contributed by atoms with Crippen molar-refractivity contribution in [3.05, 3.63) is 0 Å². The summed E-state index contributed by atoms with van der Waals surface area (Å²) in [7, 11) is 0. The number of rotatable bonds is 0. The largest absolute Gasteiger partial charge is 0.390 e. The van der Waals surface area contributed by atoms with E-state index in [1.54, 1.807) is 0 Å². The van der Waals surface area contributed by atoms with E-state index in [-0.39, 0.29) is 10.8 Å². The second-order valence-electron chi connectivity index (χ2n) is 9.60. The zero-order chi connectivity index (χ0) is 15.8. The molecule has 124 valence electrons. The Morgan fingerprint density at radius 2 is 1.68 bits per heavy atom. The molecular formula is C20H32O2. The minimum atomic E-state index is -0.483. The van der Waals surface area contributed by atoms with Gasteiger partial charge >= 0.3 is 0 Å². The van der Waals surface area contributed by atoms with Crippen LogP contribution in [0.25, 0.3) is 0 Å². The van der Waals surface area contributed by atoms with Gasteiger partial charge in [0, 0.05) is 12.3 Å². The predicted octanol–water partition coefficient (Wildman–Crippen LogP) is 4.35. The number of carbonyl (C=O) groups excluding carboxylic acids is 1. The van der Waals surface area contributed by atoms with Crippen LogP contribution in [-0.2, 0) is 4.79 Å². The summed E-state index contributed by atoms with van der Waals surface area (Å²) in [5.74, 6) is 3.05. The molecule has 22 heavy (non-hydrogen) atoms. The van der Waals surface area contributed by atoms with Gasteiger partial charge in [0.05, 0.1) is 5.60 Å². The minimum Gasteiger partial charge on any atom is -0.390 e. The monoisotopic (exact) mass is 304 g/mol. The van der Waals surface area contributed by atoms with E-state index in [0.717, 1.165) is 43.9 Å². The average Bonchev–Trinajstić information content (AvgIpc) is 2.69. The SMILES string of the molecule is C[C@]12CCCC(=O)[C@@H]1CC[C@@H]1[C@@H]2CC[C@@]2(C)[C@H]1CC[C@]2(C)O. The Labute approximate surface area is 135 Å². The number of ketones is 1. The Hall–Kier alpha value is -0.370. The summed E-state index contributed by atoms with van der Waals surface area (Å²) < 4.78 is 0. The fourth-order valence-corrected chi connectivity index (χ4v) is 7.41. The van der Waals surface area contributed by atoms with Crippen molar-refractivity contribution in [2.75, 3.05) is 0 Å². The Balaban J connectivity index is 1.67. The van der Waals surface area contributed by atoms with E-state index < -0.39 is 5.60 Å². The lowest BCUT2D eigenvalue weighted by Crippen LogP contribution is -2.56. The number of carbonyl (C=O) groups is 1. The van der Waals surface area contributed by atoms with Crippen LogP contribution in [0, 0.1) is 34.5 Å². The molecule has 4 aliphatic carbocycles. The second-order valence-corrected chi connectivity index (χ2v) is 9.60. The third-order valence-electron chi connectivity index (χ3n) is 8.96. The first-order valence-corrected chi connectivity index (χ1v) is 9.55. The molecular weight excluding hydrogens is 272 g/mol. The molecule has 2 heteroatoms. The van der Waals surface area contributed by atoms with E-state index in [4.69, 9.17) is 0 Å². The van der Waals surface area contributed by atoms with Crippen LogP contribution in [0.15, 0.2) is 0 Å². The molecule has 4 saturated carbocycles. The van der Waals surface area contributed by atoms with Gasteiger partial charge in [0.1, 0.15) is 5.78 Å². The van der Waals surface area contributed by atoms with Crippen molar-refractivity contribution >= 4 is 5.78 Å². The average molecular weight is 304 g/mol. The van der Waals surface area contributed by atoms with Crippen LogP contribution >= 0.6 is 0 Å². The van der Waals surface area contributed by atoms with E-state index in [0.29, 0.717) is 17.6 Å². The Morgan fingerprint density at radius 1 is 0.955 bits per heavy atom. The number of hydrogen-bond donors (Lipinski definition) is 1. The first-order valence-electron chi connectivity index (χ1n) is 9.55. The first kappa shape index (κ1) is 15.2. The van der Waals surface area contributed by atoms with Crippen molar-refractivity contribution in [1.82, 2.24) is 0 Å². The van der Waals surface area contributed by atoms with Crippen molar-refractivity contribution in [2.45, 2.75) is 84.2 Å². The van der Waals surface area contributed by atoms with Crippen LogP contribution in [0.1, 0.15) is 78.6 Å². The molecule has 0 aromatic heterocycles. The van der Waals surface area contributed by atoms with E-state index in [1.165, 1.54) is 25.7 Å². The summed E-state index contributed by atoms with van der Waals surface area (Å²) in [6.45, 7) is 6.85. The van der Waals surface area contributed by atoms with Crippen LogP contribution in [0.2, 0.25) is 0 Å². The van der Waals surface area contributed by atoms with Gasteiger partial charge in [-0.3, -0.25) is 4.79 Å². The molecule has 4 rings (SSSR count). The second kappa shape index (κ2) is 4.59. The van der Waals surface area contributed by atoms with Gasteiger partial charge < -0.3 is 5.11 Å². The maximum atomic E-state index is 12.5. The molecule has 7 atom stereocenters. The first-order chi connectivity index (χ1) is 10.3. The smallest absolute Gasteiger partial charge is 0.136 e. The van der Waals surface area contributed by atoms with Crippen molar-refractivity contribution in [3.8, 4) is 0 Å². The highest BCUT2D eigenvalue weighted by atomic mass is 16.3. The summed E-state index contributed by atoms with van der Waals surface area (Å²) in [6.07, 6.45) is 10.1. The fourth-order valence-electron chi connectivity index (χ4n) is 7.41. The van der Waals surface area contributed by atoms with Gasteiger partial charge in [0.25, 0.3) is 0 Å². The Kier molecular flexibility index (Phi) is 3.16. The van der Waals surface area contributed by atoms with Gasteiger partial charge in [-0.1, -0.05) is 13.8 Å². The van der Waals surface area contributed by atoms with Crippen LogP contribution in [0.4, 0.5) is 0 Å². The Morgan fingerprint density at radius 3 is 2.45 bits per heavy atom. The molecule has 0 aliphatic heterocycles. The minimum absolute atomic E-state index is 0.107. The molecule has 4 aliphatic rings. The van der Waals surface area contributed by atoms with Crippen LogP contribution in [-0.4, -0.2) is 16.5 Å². The van der Waals surface area contributed by atoms with E-state index in [2.05, 4.69) is 20.8 Å². The molecule has 1 N–H and O–H groups in total. The quantitative estimate of drug-likeness (QED) is 0.722. The van der Waals surface area contributed by atoms with Crippen LogP contribution in [0.5, 0.6) is 0 Å². The highest BCUT2D eigenvalue weighted by Crippen LogP contribution is 2.67. The topological polar surface area (TPSA) is 37.3 Å². The van der Waals surface area contributed by atoms with E-state index >= 15 is 0 Å². The van der Waals surface area contributed by atoms with Gasteiger partial charge in [-0.2, -0.15) is 0 Å². The lowest BCUT2D eigenvalue weighted by Gasteiger charge is -2.60. The third kappa shape index (κ3) is 1.74. The molecule has 0 bridgehead atoms. The molecule has 4 fully saturated rings. The van der Waals surface area contributed by atoms with Crippen molar-refractivity contribution in [1.29, 1.82) is 0 Å². The summed E-state index contributed by atoms with van der Waals surface area (Å²) in [5.41, 5.74) is -0.118. The summed E-state index contributed by atoms with van der Waals surface area (Å²) in [4.78, 5) is 12.5. The molecule has 0 aromatic rings. The standard InChI is InChI=1S/C20H32O2/c1-18-10-4-5-17(21)16(18)7-6-13-14(18)8-11-19(2)15(13)9-12-20(19,3)22/h13-16,22H,4-12H2,1-3H3/t13-,14+,15+,16+,18-,19+,20+/m1/s1. The van der Waals surface area contributed by atoms with Crippen molar-refractivity contribution < 1.29 is 9.90 Å². The summed E-state index contributed by atoms with van der Waals surface area (Å²) in [5, 5.41) is 10.9. The number of hydrogen-bond acceptors (Lipinski definition) is 2. The van der Waals surface area contributed by atoms with Gasteiger partial charge in [0.15, 0.2) is 0 Å². The number of aliphatic hydroxyl groups is 1. The molecule has 0 saturated heterocycles. The van der Waals surface area contributed by atoms with Gasteiger partial charge in [-0.25, -0.2) is 0 Å². The van der Waals surface area contributed by atoms with Gasteiger partial charge in [0.2, 0.25) is 0 Å². The van der Waals surface area contributed by atoms with E-state index in [9.17, 15) is 9.90 Å². The summed E-state index contributed by atoms with van der Waals surface area (Å²) >= 11 is 0. The van der Waals surface area contributed by atoms with Crippen molar-refractivity contribution in [3.63, 3.8) is 0 Å². The normalized spacial score (nSPS) is 57.9. The fraction of sp³-hybridized carbons (Fsp3) is 0.950. The van der Waals surface area contributed by atoms with Gasteiger partial charge in [-0.15, -0.1) is 0 Å². The lowest BCUT2D eigenvalue weighted by atomic mass is 9.44. The molecule has 0 unspecified atom stereocenters. The molecule has 0 spiro atoms. The molecule has 0 radical (unpaired) electrons. The lowest BCUT2D eigenvalue weighted by molar-refractivity contribution is -0.158. The van der Waals surface area contributed by atoms with Crippen molar-refractivity contribution in [2.24, 2.45) is 34.5 Å². The Bertz CT molecular complexity index is 496. The maximum absolute atomic E-state index is 12.5. The predicted molar refractivity (Wildman–Crippen MR) is 87.4 cm³/mol. The molecule has 2 nitrogen and oxygen atoms in total. The highest BCUT2D eigenvalue weighted by molar-refractivity contribution is 5.82. The number of fused-ring (bicyclic) bond motifs is 5. The van der Waals surface area contributed by atoms with E-state index in [1.807, 2.05) is 0 Å². The van der Waals surface area contributed by atoms with Gasteiger partial charge in [-0.05, 0) is 86.9 Å². The molecule has 0 amide bonds. The zero-order valence-electron chi connectivity index (χ0n) is 14.5. The van der Waals surface area contributed by atoms with Crippen LogP contribution < -0.4 is 0 Å². The zero-order valence-corrected chi connectivity index (χ0v) is 14.5. The molecule has 0 heterocycles.